The van der Waals surface area contributed by atoms with E-state index in [9.17, 15) is 9.90 Å². The highest BCUT2D eigenvalue weighted by Crippen LogP contribution is 2.31. The summed E-state index contributed by atoms with van der Waals surface area (Å²) in [6.07, 6.45) is 0.539. The fourth-order valence-corrected chi connectivity index (χ4v) is 2.75. The first-order valence-corrected chi connectivity index (χ1v) is 8.19. The number of amides is 1. The van der Waals surface area contributed by atoms with E-state index in [-0.39, 0.29) is 24.9 Å². The Morgan fingerprint density at radius 1 is 1.12 bits per heavy atom. The van der Waals surface area contributed by atoms with E-state index >= 15 is 0 Å². The van der Waals surface area contributed by atoms with Gasteiger partial charge in [-0.15, -0.1) is 12.4 Å². The van der Waals surface area contributed by atoms with Crippen molar-refractivity contribution in [2.45, 2.75) is 25.5 Å². The van der Waals surface area contributed by atoms with E-state index in [2.05, 4.69) is 10.6 Å². The van der Waals surface area contributed by atoms with Crippen LogP contribution in [-0.4, -0.2) is 30.3 Å². The molecule has 1 aliphatic rings. The van der Waals surface area contributed by atoms with Gasteiger partial charge in [-0.2, -0.15) is 0 Å². The Kier molecular flexibility index (Phi) is 7.25. The molecule has 1 unspecified atom stereocenters. The van der Waals surface area contributed by atoms with Gasteiger partial charge in [-0.1, -0.05) is 36.4 Å². The first-order chi connectivity index (χ1) is 11.7. The molecule has 0 saturated carbocycles. The molecule has 5 nitrogen and oxygen atoms in total. The van der Waals surface area contributed by atoms with Gasteiger partial charge in [0, 0.05) is 30.8 Å². The second-order valence-corrected chi connectivity index (χ2v) is 5.91. The van der Waals surface area contributed by atoms with E-state index in [1.54, 1.807) is 0 Å². The van der Waals surface area contributed by atoms with Gasteiger partial charge in [0.15, 0.2) is 0 Å². The fraction of sp³-hybridized carbons (Fsp3) is 0.316. The lowest BCUT2D eigenvalue weighted by molar-refractivity contribution is -0.116. The number of ether oxygens (including phenoxy) is 1. The summed E-state index contributed by atoms with van der Waals surface area (Å²) in [6, 6.07) is 15.6. The standard InChI is InChI=1S/C19H22N2O3.ClH/c22-15(12-20-11-14-5-2-1-3-6-14)13-24-18-8-4-7-17-16(18)9-10-19(23)21-17;/h1-8,15,20,22H,9-13H2,(H,21,23);1H. The van der Waals surface area contributed by atoms with Crippen LogP contribution >= 0.6 is 12.4 Å². The van der Waals surface area contributed by atoms with E-state index < -0.39 is 6.10 Å². The number of benzene rings is 2. The number of aliphatic hydroxyl groups excluding tert-OH is 1. The predicted molar refractivity (Wildman–Crippen MR) is 100 cm³/mol. The van der Waals surface area contributed by atoms with Gasteiger partial charge >= 0.3 is 0 Å². The molecule has 1 heterocycles. The molecule has 2 aromatic rings. The fourth-order valence-electron chi connectivity index (χ4n) is 2.75. The van der Waals surface area contributed by atoms with Crippen molar-refractivity contribution < 1.29 is 14.6 Å². The van der Waals surface area contributed by atoms with E-state index in [0.29, 0.717) is 25.9 Å². The van der Waals surface area contributed by atoms with Crippen LogP contribution in [0.2, 0.25) is 0 Å². The molecule has 0 saturated heterocycles. The van der Waals surface area contributed by atoms with Crippen molar-refractivity contribution in [3.8, 4) is 5.75 Å². The van der Waals surface area contributed by atoms with Gasteiger partial charge in [-0.25, -0.2) is 0 Å². The van der Waals surface area contributed by atoms with Crippen LogP contribution in [0, 0.1) is 0 Å². The number of carbonyl (C=O) groups excluding carboxylic acids is 1. The number of hydrogen-bond acceptors (Lipinski definition) is 4. The van der Waals surface area contributed by atoms with Gasteiger partial charge in [0.1, 0.15) is 18.5 Å². The molecular weight excluding hydrogens is 340 g/mol. The van der Waals surface area contributed by atoms with Crippen LogP contribution in [0.5, 0.6) is 5.75 Å². The Labute approximate surface area is 153 Å². The predicted octanol–water partition coefficient (Wildman–Crippen LogP) is 2.52. The van der Waals surface area contributed by atoms with Crippen molar-refractivity contribution in [2.24, 2.45) is 0 Å². The first kappa shape index (κ1) is 19.2. The molecule has 1 atom stereocenters. The van der Waals surface area contributed by atoms with Crippen molar-refractivity contribution in [3.63, 3.8) is 0 Å². The Bertz CT molecular complexity index is 694. The van der Waals surface area contributed by atoms with E-state index in [0.717, 1.165) is 17.0 Å². The maximum Gasteiger partial charge on any atom is 0.224 e. The second kappa shape index (κ2) is 9.42. The number of rotatable bonds is 7. The molecule has 25 heavy (non-hydrogen) atoms. The van der Waals surface area contributed by atoms with Gasteiger partial charge in [0.05, 0.1) is 0 Å². The lowest BCUT2D eigenvalue weighted by atomic mass is 10.0. The Morgan fingerprint density at radius 3 is 2.72 bits per heavy atom. The lowest BCUT2D eigenvalue weighted by Gasteiger charge is -2.21. The lowest BCUT2D eigenvalue weighted by Crippen LogP contribution is -2.31. The summed E-state index contributed by atoms with van der Waals surface area (Å²) in [7, 11) is 0. The normalized spacial score (nSPS) is 14.0. The summed E-state index contributed by atoms with van der Waals surface area (Å²) in [5.41, 5.74) is 2.99. The number of nitrogens with one attached hydrogen (secondary N) is 2. The minimum Gasteiger partial charge on any atom is -0.490 e. The average Bonchev–Trinajstić information content (AvgIpc) is 2.60. The first-order valence-electron chi connectivity index (χ1n) is 8.19. The molecule has 0 radical (unpaired) electrons. The zero-order valence-corrected chi connectivity index (χ0v) is 14.7. The molecule has 0 fully saturated rings. The minimum absolute atomic E-state index is 0. The van der Waals surface area contributed by atoms with Crippen LogP contribution in [0.4, 0.5) is 5.69 Å². The molecule has 134 valence electrons. The number of anilines is 1. The summed E-state index contributed by atoms with van der Waals surface area (Å²) in [4.78, 5) is 11.4. The van der Waals surface area contributed by atoms with Gasteiger partial charge in [-0.05, 0) is 24.1 Å². The number of fused-ring (bicyclic) bond motifs is 1. The van der Waals surface area contributed by atoms with Crippen LogP contribution in [0.3, 0.4) is 0 Å². The van der Waals surface area contributed by atoms with Crippen LogP contribution in [0.25, 0.3) is 0 Å². The molecule has 3 N–H and O–H groups in total. The van der Waals surface area contributed by atoms with Crippen LogP contribution < -0.4 is 15.4 Å². The molecule has 6 heteroatoms. The SMILES string of the molecule is Cl.O=C1CCc2c(cccc2OCC(O)CNCc2ccccc2)N1. The average molecular weight is 363 g/mol. The van der Waals surface area contributed by atoms with Gasteiger partial charge in [0.2, 0.25) is 5.91 Å². The quantitative estimate of drug-likeness (QED) is 0.708. The Morgan fingerprint density at radius 2 is 1.92 bits per heavy atom. The molecule has 2 aromatic carbocycles. The molecule has 0 spiro atoms. The summed E-state index contributed by atoms with van der Waals surface area (Å²) < 4.78 is 5.76. The highest BCUT2D eigenvalue weighted by Gasteiger charge is 2.18. The van der Waals surface area contributed by atoms with Crippen molar-refractivity contribution in [1.29, 1.82) is 0 Å². The maximum absolute atomic E-state index is 11.4. The summed E-state index contributed by atoms with van der Waals surface area (Å²) in [6.45, 7) is 1.39. The Hall–Kier alpha value is -2.08. The summed E-state index contributed by atoms with van der Waals surface area (Å²) >= 11 is 0. The number of carbonyl (C=O) groups is 1. The topological polar surface area (TPSA) is 70.6 Å². The molecule has 0 aromatic heterocycles. The van der Waals surface area contributed by atoms with Crippen molar-refractivity contribution in [3.05, 3.63) is 59.7 Å². The van der Waals surface area contributed by atoms with E-state index in [1.807, 2.05) is 48.5 Å². The third kappa shape index (κ3) is 5.46. The third-order valence-electron chi connectivity index (χ3n) is 3.99. The second-order valence-electron chi connectivity index (χ2n) is 5.91. The zero-order valence-electron chi connectivity index (χ0n) is 13.9. The van der Waals surface area contributed by atoms with Gasteiger partial charge < -0.3 is 20.5 Å². The molecule has 1 aliphatic heterocycles. The minimum atomic E-state index is -0.595. The van der Waals surface area contributed by atoms with Crippen molar-refractivity contribution in [2.75, 3.05) is 18.5 Å². The smallest absolute Gasteiger partial charge is 0.224 e. The third-order valence-corrected chi connectivity index (χ3v) is 3.99. The molecule has 3 rings (SSSR count). The summed E-state index contributed by atoms with van der Waals surface area (Å²) in [5, 5.41) is 16.1. The van der Waals surface area contributed by atoms with Crippen molar-refractivity contribution >= 4 is 24.0 Å². The van der Waals surface area contributed by atoms with Crippen LogP contribution in [0.1, 0.15) is 17.5 Å². The van der Waals surface area contributed by atoms with Gasteiger partial charge in [0.25, 0.3) is 0 Å². The van der Waals surface area contributed by atoms with E-state index in [1.165, 1.54) is 5.56 Å². The van der Waals surface area contributed by atoms with Crippen molar-refractivity contribution in [1.82, 2.24) is 5.32 Å². The molecule has 0 bridgehead atoms. The Balaban J connectivity index is 0.00000225. The number of hydrogen-bond donors (Lipinski definition) is 3. The maximum atomic E-state index is 11.4. The number of aliphatic hydroxyl groups is 1. The molecule has 1 amide bonds. The van der Waals surface area contributed by atoms with Crippen LogP contribution in [0.15, 0.2) is 48.5 Å². The highest BCUT2D eigenvalue weighted by atomic mass is 35.5. The molecular formula is C19H23ClN2O3. The highest BCUT2D eigenvalue weighted by molar-refractivity contribution is 5.94. The number of halogens is 1. The monoisotopic (exact) mass is 362 g/mol. The van der Waals surface area contributed by atoms with Crippen LogP contribution in [-0.2, 0) is 17.8 Å². The van der Waals surface area contributed by atoms with Gasteiger partial charge in [-0.3, -0.25) is 4.79 Å². The molecule has 0 aliphatic carbocycles. The van der Waals surface area contributed by atoms with E-state index in [4.69, 9.17) is 4.74 Å². The largest absolute Gasteiger partial charge is 0.490 e. The summed E-state index contributed by atoms with van der Waals surface area (Å²) in [5.74, 6) is 0.763. The zero-order chi connectivity index (χ0) is 16.8.